The number of phenols is 2. The molecule has 0 aliphatic heterocycles. The Morgan fingerprint density at radius 1 is 1.09 bits per heavy atom. The lowest BCUT2D eigenvalue weighted by Crippen LogP contribution is -2.42. The van der Waals surface area contributed by atoms with Gasteiger partial charge in [0.25, 0.3) is 0 Å². The van der Waals surface area contributed by atoms with Crippen molar-refractivity contribution in [2.24, 2.45) is 17.3 Å². The average Bonchev–Trinajstić information content (AvgIpc) is 2.88. The molecule has 126 valence electrons. The Balaban J connectivity index is 0.000000753. The van der Waals surface area contributed by atoms with E-state index < -0.39 is 0 Å². The minimum atomic E-state index is -0.0996. The van der Waals surface area contributed by atoms with Crippen molar-refractivity contribution in [2.45, 2.75) is 65.2 Å². The third-order valence-corrected chi connectivity index (χ3v) is 6.57. The van der Waals surface area contributed by atoms with Gasteiger partial charge in [0.05, 0.1) is 0 Å². The highest BCUT2D eigenvalue weighted by Crippen LogP contribution is 2.60. The maximum absolute atomic E-state index is 12.3. The first-order valence-electron chi connectivity index (χ1n) is 9.09. The molecule has 1 aromatic rings. The molecule has 2 N–H and O–H groups in total. The standard InChI is InChI=1S/C18H22O3.C2H6/c1-18-9-8-11-10-4-6-15(19)17(21)13(10)3-2-12(11)14(18)5-7-16(18)20;1-2/h4,6,11-12,14,19,21H,2-3,5,7-9H2,1H3;1-2H3. The Kier molecular flexibility index (Phi) is 4.16. The van der Waals surface area contributed by atoms with Gasteiger partial charge in [-0.3, -0.25) is 4.79 Å². The fourth-order valence-electron chi connectivity index (χ4n) is 5.41. The van der Waals surface area contributed by atoms with Crippen molar-refractivity contribution in [2.75, 3.05) is 0 Å². The molecule has 3 nitrogen and oxygen atoms in total. The van der Waals surface area contributed by atoms with Crippen molar-refractivity contribution >= 4 is 5.78 Å². The topological polar surface area (TPSA) is 57.5 Å². The first kappa shape index (κ1) is 16.4. The predicted octanol–water partition coefficient (Wildman–Crippen LogP) is 4.55. The number of carbonyl (C=O) groups is 1. The molecule has 1 aromatic carbocycles. The quantitative estimate of drug-likeness (QED) is 0.690. The number of phenolic OH excluding ortho intramolecular Hbond substituents is 2. The summed E-state index contributed by atoms with van der Waals surface area (Å²) in [5.41, 5.74) is 2.05. The Morgan fingerprint density at radius 3 is 2.57 bits per heavy atom. The van der Waals surface area contributed by atoms with E-state index in [4.69, 9.17) is 0 Å². The second kappa shape index (κ2) is 5.85. The summed E-state index contributed by atoms with van der Waals surface area (Å²) in [5, 5.41) is 19.8. The zero-order valence-corrected chi connectivity index (χ0v) is 14.4. The summed E-state index contributed by atoms with van der Waals surface area (Å²) in [4.78, 5) is 12.3. The van der Waals surface area contributed by atoms with E-state index in [1.54, 1.807) is 6.07 Å². The van der Waals surface area contributed by atoms with Gasteiger partial charge >= 0.3 is 0 Å². The molecule has 3 aliphatic carbocycles. The molecule has 2 saturated carbocycles. The fourth-order valence-corrected chi connectivity index (χ4v) is 5.41. The van der Waals surface area contributed by atoms with Gasteiger partial charge in [-0.15, -0.1) is 0 Å². The SMILES string of the molecule is CC.CC12CCC3c4ccc(O)c(O)c4CCC3C1CCC2=O. The van der Waals surface area contributed by atoms with Gasteiger partial charge < -0.3 is 10.2 Å². The second-order valence-corrected chi connectivity index (χ2v) is 7.33. The van der Waals surface area contributed by atoms with E-state index in [-0.39, 0.29) is 16.9 Å². The van der Waals surface area contributed by atoms with E-state index in [9.17, 15) is 15.0 Å². The number of fused-ring (bicyclic) bond motifs is 5. The molecular formula is C20H28O3. The van der Waals surface area contributed by atoms with Crippen molar-refractivity contribution in [3.8, 4) is 11.5 Å². The molecule has 0 radical (unpaired) electrons. The lowest BCUT2D eigenvalue weighted by atomic mass is 9.55. The fraction of sp³-hybridized carbons (Fsp3) is 0.650. The lowest BCUT2D eigenvalue weighted by Gasteiger charge is -2.48. The van der Waals surface area contributed by atoms with Crippen molar-refractivity contribution in [3.05, 3.63) is 23.3 Å². The van der Waals surface area contributed by atoms with Gasteiger partial charge in [-0.25, -0.2) is 0 Å². The van der Waals surface area contributed by atoms with Gasteiger partial charge in [0.15, 0.2) is 11.5 Å². The van der Waals surface area contributed by atoms with Crippen molar-refractivity contribution in [3.63, 3.8) is 0 Å². The van der Waals surface area contributed by atoms with E-state index in [2.05, 4.69) is 6.92 Å². The molecule has 0 aromatic heterocycles. The maximum Gasteiger partial charge on any atom is 0.160 e. The number of carbonyl (C=O) groups excluding carboxylic acids is 1. The molecule has 3 heteroatoms. The Hall–Kier alpha value is -1.51. The molecule has 23 heavy (non-hydrogen) atoms. The molecule has 2 fully saturated rings. The first-order valence-corrected chi connectivity index (χ1v) is 9.09. The maximum atomic E-state index is 12.3. The minimum absolute atomic E-state index is 0.0103. The van der Waals surface area contributed by atoms with E-state index in [0.717, 1.165) is 44.1 Å². The molecule has 4 atom stereocenters. The van der Waals surface area contributed by atoms with Crippen molar-refractivity contribution < 1.29 is 15.0 Å². The highest BCUT2D eigenvalue weighted by atomic mass is 16.3. The highest BCUT2D eigenvalue weighted by molar-refractivity contribution is 5.87. The predicted molar refractivity (Wildman–Crippen MR) is 90.7 cm³/mol. The molecule has 0 heterocycles. The van der Waals surface area contributed by atoms with Crippen LogP contribution in [0.4, 0.5) is 0 Å². The summed E-state index contributed by atoms with van der Waals surface area (Å²) < 4.78 is 0. The number of ketones is 1. The summed E-state index contributed by atoms with van der Waals surface area (Å²) in [5.74, 6) is 2.04. The van der Waals surface area contributed by atoms with Crippen LogP contribution in [0.15, 0.2) is 12.1 Å². The summed E-state index contributed by atoms with van der Waals surface area (Å²) >= 11 is 0. The van der Waals surface area contributed by atoms with E-state index >= 15 is 0 Å². The van der Waals surface area contributed by atoms with Gasteiger partial charge in [0.2, 0.25) is 0 Å². The van der Waals surface area contributed by atoms with Crippen LogP contribution in [0.1, 0.15) is 69.9 Å². The van der Waals surface area contributed by atoms with Crippen LogP contribution < -0.4 is 0 Å². The van der Waals surface area contributed by atoms with E-state index in [0.29, 0.717) is 23.5 Å². The number of benzene rings is 1. The Labute approximate surface area is 138 Å². The van der Waals surface area contributed by atoms with Crippen LogP contribution >= 0.6 is 0 Å². The van der Waals surface area contributed by atoms with Crippen molar-refractivity contribution in [1.82, 2.24) is 0 Å². The monoisotopic (exact) mass is 316 g/mol. The van der Waals surface area contributed by atoms with Crippen LogP contribution in [0.2, 0.25) is 0 Å². The molecule has 0 bridgehead atoms. The minimum Gasteiger partial charge on any atom is -0.504 e. The largest absolute Gasteiger partial charge is 0.504 e. The van der Waals surface area contributed by atoms with Crippen LogP contribution in [0.3, 0.4) is 0 Å². The Bertz CT molecular complexity index is 622. The van der Waals surface area contributed by atoms with Crippen LogP contribution in [0.25, 0.3) is 0 Å². The summed E-state index contributed by atoms with van der Waals surface area (Å²) in [6, 6.07) is 3.60. The van der Waals surface area contributed by atoms with Crippen molar-refractivity contribution in [1.29, 1.82) is 0 Å². The molecule has 0 saturated heterocycles. The van der Waals surface area contributed by atoms with Crippen LogP contribution in [-0.4, -0.2) is 16.0 Å². The molecule has 3 aliphatic rings. The smallest absolute Gasteiger partial charge is 0.160 e. The zero-order valence-electron chi connectivity index (χ0n) is 14.4. The lowest BCUT2D eigenvalue weighted by molar-refractivity contribution is -0.129. The Morgan fingerprint density at radius 2 is 1.83 bits per heavy atom. The molecular weight excluding hydrogens is 288 g/mol. The number of aromatic hydroxyl groups is 2. The number of Topliss-reactive ketones (excluding diaryl/α,β-unsaturated/α-hetero) is 1. The summed E-state index contributed by atoms with van der Waals surface area (Å²) in [6.45, 7) is 6.17. The second-order valence-electron chi connectivity index (χ2n) is 7.33. The molecule has 0 amide bonds. The highest BCUT2D eigenvalue weighted by Gasteiger charge is 2.54. The molecule has 4 rings (SSSR count). The van der Waals surface area contributed by atoms with Gasteiger partial charge in [-0.2, -0.15) is 0 Å². The average molecular weight is 316 g/mol. The third kappa shape index (κ3) is 2.28. The van der Waals surface area contributed by atoms with Gasteiger partial charge in [0.1, 0.15) is 5.78 Å². The normalized spacial score (nSPS) is 34.7. The first-order chi connectivity index (χ1) is 11.0. The van der Waals surface area contributed by atoms with Gasteiger partial charge in [0, 0.05) is 17.4 Å². The van der Waals surface area contributed by atoms with Gasteiger partial charge in [-0.05, 0) is 61.5 Å². The summed E-state index contributed by atoms with van der Waals surface area (Å²) in [7, 11) is 0. The zero-order chi connectivity index (χ0) is 16.8. The van der Waals surface area contributed by atoms with E-state index in [1.807, 2.05) is 19.9 Å². The number of hydrogen-bond donors (Lipinski definition) is 2. The number of hydrogen-bond acceptors (Lipinski definition) is 3. The molecule has 4 unspecified atom stereocenters. The van der Waals surface area contributed by atoms with E-state index in [1.165, 1.54) is 5.56 Å². The van der Waals surface area contributed by atoms with Crippen LogP contribution in [-0.2, 0) is 11.2 Å². The van der Waals surface area contributed by atoms with Crippen LogP contribution in [0.5, 0.6) is 11.5 Å². The third-order valence-electron chi connectivity index (χ3n) is 6.57. The number of rotatable bonds is 0. The van der Waals surface area contributed by atoms with Gasteiger partial charge in [-0.1, -0.05) is 26.8 Å². The molecule has 0 spiro atoms. The van der Waals surface area contributed by atoms with Crippen LogP contribution in [0, 0.1) is 17.3 Å². The summed E-state index contributed by atoms with van der Waals surface area (Å²) in [6.07, 6.45) is 5.63.